The highest BCUT2D eigenvalue weighted by Gasteiger charge is 2.92. The Morgan fingerprint density at radius 2 is 0.653 bits per heavy atom. The first-order chi connectivity index (χ1) is 21.0. The molecular formula is C21H17F26NO. The van der Waals surface area contributed by atoms with E-state index in [1.54, 1.807) is 0 Å². The summed E-state index contributed by atoms with van der Waals surface area (Å²) in [5, 5.41) is 12.5. The summed E-state index contributed by atoms with van der Waals surface area (Å²) in [5.41, 5.74) is -3.88. The summed E-state index contributed by atoms with van der Waals surface area (Å²) in [6.45, 7) is -0.473. The van der Waals surface area contributed by atoms with Gasteiger partial charge in [0.25, 0.3) is 0 Å². The Hall–Kier alpha value is -1.90. The van der Waals surface area contributed by atoms with Gasteiger partial charge in [0.1, 0.15) is 0 Å². The highest BCUT2D eigenvalue weighted by Crippen LogP contribution is 2.63. The molecule has 0 spiro atoms. The second kappa shape index (κ2) is 12.4. The smallest absolute Gasteiger partial charge is 0.388 e. The van der Waals surface area contributed by atoms with Crippen LogP contribution in [0.2, 0.25) is 0 Å². The van der Waals surface area contributed by atoms with Gasteiger partial charge in [0.2, 0.25) is 0 Å². The van der Waals surface area contributed by atoms with Crippen LogP contribution in [0.4, 0.5) is 114 Å². The first-order valence-corrected chi connectivity index (χ1v) is 12.4. The third-order valence-corrected chi connectivity index (χ3v) is 7.45. The van der Waals surface area contributed by atoms with Crippen molar-refractivity contribution in [3.63, 3.8) is 0 Å². The third-order valence-electron chi connectivity index (χ3n) is 7.45. The molecule has 0 aromatic rings. The van der Waals surface area contributed by atoms with E-state index in [1.165, 1.54) is 0 Å². The number of hydrogen-bond donors (Lipinski definition) is 2. The van der Waals surface area contributed by atoms with Crippen LogP contribution < -0.4 is 5.32 Å². The molecule has 294 valence electrons. The fraction of sp³-hybridized carbons (Fsp3) is 1.00. The highest BCUT2D eigenvalue weighted by molar-refractivity contribution is 5.12. The fourth-order valence-electron chi connectivity index (χ4n) is 4.28. The molecular weight excluding hydrogens is 776 g/mol. The van der Waals surface area contributed by atoms with Crippen molar-refractivity contribution in [2.75, 3.05) is 6.54 Å². The molecule has 1 saturated heterocycles. The molecule has 1 aliphatic rings. The molecule has 1 rings (SSSR count). The van der Waals surface area contributed by atoms with Crippen molar-refractivity contribution in [1.29, 1.82) is 0 Å². The van der Waals surface area contributed by atoms with Crippen LogP contribution in [0, 0.1) is 0 Å². The molecule has 2 N–H and O–H groups in total. The Kier molecular flexibility index (Phi) is 11.4. The molecule has 1 atom stereocenters. The highest BCUT2D eigenvalue weighted by atomic mass is 19.4. The van der Waals surface area contributed by atoms with Crippen molar-refractivity contribution in [2.45, 2.75) is 122 Å². The van der Waals surface area contributed by atoms with Gasteiger partial charge in [-0.25, -0.2) is 0 Å². The lowest BCUT2D eigenvalue weighted by atomic mass is 9.79. The first kappa shape index (κ1) is 45.1. The summed E-state index contributed by atoms with van der Waals surface area (Å²) in [4.78, 5) is 0. The third kappa shape index (κ3) is 6.77. The Bertz CT molecular complexity index is 1070. The van der Waals surface area contributed by atoms with Crippen molar-refractivity contribution < 1.29 is 119 Å². The van der Waals surface area contributed by atoms with Gasteiger partial charge >= 0.3 is 71.6 Å². The summed E-state index contributed by atoms with van der Waals surface area (Å²) in [6, 6.07) is -2.20. The van der Waals surface area contributed by atoms with Gasteiger partial charge in [-0.05, 0) is 32.2 Å². The molecule has 1 heterocycles. The molecule has 0 bridgehead atoms. The van der Waals surface area contributed by atoms with E-state index in [2.05, 4.69) is 0 Å². The van der Waals surface area contributed by atoms with Gasteiger partial charge in [-0.15, -0.1) is 0 Å². The summed E-state index contributed by atoms with van der Waals surface area (Å²) in [5.74, 6) is -79.8. The van der Waals surface area contributed by atoms with E-state index < -0.39 is 122 Å². The lowest BCUT2D eigenvalue weighted by Crippen LogP contribution is -2.70. The van der Waals surface area contributed by atoms with Crippen LogP contribution in [0.1, 0.15) is 38.5 Å². The Balaban J connectivity index is 3.52. The number of halogens is 26. The minimum atomic E-state index is -8.39. The first-order valence-electron chi connectivity index (χ1n) is 12.4. The van der Waals surface area contributed by atoms with Crippen molar-refractivity contribution in [2.24, 2.45) is 0 Å². The van der Waals surface area contributed by atoms with Crippen LogP contribution in [0.5, 0.6) is 0 Å². The standard InChI is InChI=1S/C21H17F26NO/c22-10(23,12(26,27)14(30,31)16(34,35)18(38,39)20(42,43)44)5-3-9(49,8-2-1-7-48-8)4-6-11(24,25)13(28,29)15(32,33)17(36,37)19(40,41)21(45,46)47/h8,48-49H,1-7H2. The average Bonchev–Trinajstić information content (AvgIpc) is 3.44. The van der Waals surface area contributed by atoms with Gasteiger partial charge in [-0.2, -0.15) is 114 Å². The molecule has 0 aliphatic carbocycles. The SMILES string of the molecule is OC(CCC(F)(F)C(F)(F)C(F)(F)C(F)(F)C(F)(F)C(F)(F)F)(CCC(F)(F)C(F)(F)C(F)(F)C(F)(F)C(F)(F)C(F)(F)F)C1CCCN1. The van der Waals surface area contributed by atoms with Gasteiger partial charge in [-0.1, -0.05) is 0 Å². The zero-order valence-corrected chi connectivity index (χ0v) is 22.8. The largest absolute Gasteiger partial charge is 0.460 e. The minimum Gasteiger partial charge on any atom is -0.388 e. The Morgan fingerprint density at radius 3 is 0.878 bits per heavy atom. The van der Waals surface area contributed by atoms with Gasteiger partial charge < -0.3 is 10.4 Å². The zero-order valence-electron chi connectivity index (χ0n) is 22.8. The van der Waals surface area contributed by atoms with E-state index in [-0.39, 0.29) is 6.42 Å². The van der Waals surface area contributed by atoms with Crippen molar-refractivity contribution >= 4 is 0 Å². The average molecular weight is 793 g/mol. The number of aliphatic hydroxyl groups is 1. The van der Waals surface area contributed by atoms with Crippen LogP contribution in [-0.2, 0) is 0 Å². The summed E-state index contributed by atoms with van der Waals surface area (Å²) >= 11 is 0. The Morgan fingerprint density at radius 1 is 0.388 bits per heavy atom. The van der Waals surface area contributed by atoms with E-state index >= 15 is 0 Å². The van der Waals surface area contributed by atoms with Crippen LogP contribution >= 0.6 is 0 Å². The second-order valence-corrected chi connectivity index (χ2v) is 10.8. The minimum absolute atomic E-state index is 0.334. The topological polar surface area (TPSA) is 32.3 Å². The molecule has 1 unspecified atom stereocenters. The monoisotopic (exact) mass is 793 g/mol. The number of alkyl halides is 26. The van der Waals surface area contributed by atoms with Gasteiger partial charge in [0.05, 0.1) is 5.60 Å². The predicted octanol–water partition coefficient (Wildman–Crippen LogP) is 9.51. The van der Waals surface area contributed by atoms with Crippen LogP contribution in [0.3, 0.4) is 0 Å². The zero-order chi connectivity index (χ0) is 39.7. The van der Waals surface area contributed by atoms with Crippen LogP contribution in [0.15, 0.2) is 0 Å². The maximum Gasteiger partial charge on any atom is 0.460 e. The molecule has 0 amide bonds. The number of hydrogen-bond acceptors (Lipinski definition) is 2. The molecule has 0 saturated carbocycles. The summed E-state index contributed by atoms with van der Waals surface area (Å²) in [6.07, 6.45) is -28.5. The quantitative estimate of drug-likeness (QED) is 0.162. The van der Waals surface area contributed by atoms with E-state index in [0.29, 0.717) is 0 Å². The Labute approximate surface area is 254 Å². The fourth-order valence-corrected chi connectivity index (χ4v) is 4.28. The number of rotatable bonds is 15. The van der Waals surface area contributed by atoms with E-state index in [4.69, 9.17) is 0 Å². The maximum atomic E-state index is 14.3. The van der Waals surface area contributed by atoms with Gasteiger partial charge in [0, 0.05) is 18.9 Å². The molecule has 0 radical (unpaired) electrons. The summed E-state index contributed by atoms with van der Waals surface area (Å²) < 4.78 is 347. The molecule has 2 nitrogen and oxygen atoms in total. The predicted molar refractivity (Wildman–Crippen MR) is 106 cm³/mol. The van der Waals surface area contributed by atoms with Crippen molar-refractivity contribution in [3.8, 4) is 0 Å². The van der Waals surface area contributed by atoms with E-state index in [0.717, 1.165) is 0 Å². The summed E-state index contributed by atoms with van der Waals surface area (Å²) in [7, 11) is 0. The molecule has 0 aromatic heterocycles. The van der Waals surface area contributed by atoms with Crippen LogP contribution in [-0.4, -0.2) is 94.9 Å². The van der Waals surface area contributed by atoms with Gasteiger partial charge in [0.15, 0.2) is 0 Å². The second-order valence-electron chi connectivity index (χ2n) is 10.8. The molecule has 49 heavy (non-hydrogen) atoms. The maximum absolute atomic E-state index is 14.3. The van der Waals surface area contributed by atoms with E-state index in [9.17, 15) is 119 Å². The lowest BCUT2D eigenvalue weighted by molar-refractivity contribution is -0.440. The van der Waals surface area contributed by atoms with Crippen molar-refractivity contribution in [3.05, 3.63) is 0 Å². The van der Waals surface area contributed by atoms with Gasteiger partial charge in [-0.3, -0.25) is 0 Å². The lowest BCUT2D eigenvalue weighted by Gasteiger charge is -2.42. The van der Waals surface area contributed by atoms with Crippen molar-refractivity contribution in [1.82, 2.24) is 5.32 Å². The molecule has 1 aliphatic heterocycles. The molecule has 1 fully saturated rings. The van der Waals surface area contributed by atoms with E-state index in [1.807, 2.05) is 5.32 Å². The normalized spacial score (nSPS) is 19.5. The molecule has 28 heteroatoms. The van der Waals surface area contributed by atoms with Crippen LogP contribution in [0.25, 0.3) is 0 Å². The number of nitrogens with one attached hydrogen (secondary N) is 1. The molecule has 0 aromatic carbocycles.